The van der Waals surface area contributed by atoms with Crippen molar-refractivity contribution < 1.29 is 9.53 Å². The van der Waals surface area contributed by atoms with Gasteiger partial charge in [0.15, 0.2) is 5.78 Å². The van der Waals surface area contributed by atoms with Gasteiger partial charge in [-0.3, -0.25) is 14.2 Å². The Bertz CT molecular complexity index is 1290. The third-order valence-electron chi connectivity index (χ3n) is 5.10. The van der Waals surface area contributed by atoms with E-state index in [0.29, 0.717) is 21.5 Å². The lowest BCUT2D eigenvalue weighted by Crippen LogP contribution is -2.24. The molecule has 0 amide bonds. The quantitative estimate of drug-likeness (QED) is 0.455. The van der Waals surface area contributed by atoms with Gasteiger partial charge in [-0.15, -0.1) is 11.3 Å². The second kappa shape index (κ2) is 7.64. The molecule has 0 aliphatic heterocycles. The average Bonchev–Trinajstić information content (AvgIpc) is 3.17. The molecule has 2 aromatic heterocycles. The Hall–Kier alpha value is -3.25. The number of thiophene rings is 1. The van der Waals surface area contributed by atoms with E-state index in [1.54, 1.807) is 24.3 Å². The van der Waals surface area contributed by atoms with Crippen LogP contribution >= 0.6 is 11.3 Å². The lowest BCUT2D eigenvalue weighted by molar-refractivity contribution is 0.0967. The fourth-order valence-corrected chi connectivity index (χ4v) is 4.22. The zero-order valence-corrected chi connectivity index (χ0v) is 17.2. The van der Waals surface area contributed by atoms with Crippen LogP contribution in [-0.4, -0.2) is 22.4 Å². The Morgan fingerprint density at radius 3 is 2.69 bits per heavy atom. The molecule has 0 spiro atoms. The fraction of sp³-hybridized carbons (Fsp3) is 0.174. The predicted octanol–water partition coefficient (Wildman–Crippen LogP) is 4.63. The Labute approximate surface area is 172 Å². The van der Waals surface area contributed by atoms with Gasteiger partial charge in [0, 0.05) is 10.9 Å². The predicted molar refractivity (Wildman–Crippen MR) is 116 cm³/mol. The topological polar surface area (TPSA) is 61.2 Å². The van der Waals surface area contributed by atoms with Gasteiger partial charge >= 0.3 is 0 Å². The van der Waals surface area contributed by atoms with Crippen LogP contribution in [0.4, 0.5) is 0 Å². The summed E-state index contributed by atoms with van der Waals surface area (Å²) in [5.41, 5.74) is 4.43. The molecule has 0 N–H and O–H groups in total. The smallest absolute Gasteiger partial charge is 0.263 e. The van der Waals surface area contributed by atoms with Crippen LogP contribution in [-0.2, 0) is 6.54 Å². The Balaban J connectivity index is 1.77. The van der Waals surface area contributed by atoms with Crippen molar-refractivity contribution in [1.82, 2.24) is 9.55 Å². The zero-order valence-electron chi connectivity index (χ0n) is 16.4. The maximum absolute atomic E-state index is 13.2. The molecule has 0 radical (unpaired) electrons. The average molecular weight is 404 g/mol. The first kappa shape index (κ1) is 19.1. The normalized spacial score (nSPS) is 11.0. The maximum Gasteiger partial charge on any atom is 0.263 e. The molecule has 0 fully saturated rings. The van der Waals surface area contributed by atoms with E-state index in [4.69, 9.17) is 4.74 Å². The minimum Gasteiger partial charge on any atom is -0.496 e. The maximum atomic E-state index is 13.2. The third kappa shape index (κ3) is 3.47. The highest BCUT2D eigenvalue weighted by Crippen LogP contribution is 2.31. The van der Waals surface area contributed by atoms with Crippen LogP contribution in [0, 0.1) is 13.8 Å². The van der Waals surface area contributed by atoms with E-state index in [1.165, 1.54) is 34.9 Å². The van der Waals surface area contributed by atoms with Crippen LogP contribution in [0.1, 0.15) is 21.5 Å². The van der Waals surface area contributed by atoms with E-state index in [2.05, 4.69) is 24.9 Å². The second-order valence-electron chi connectivity index (χ2n) is 6.93. The molecule has 5 nitrogen and oxygen atoms in total. The van der Waals surface area contributed by atoms with E-state index in [9.17, 15) is 9.59 Å². The number of ether oxygens (including phenoxy) is 1. The van der Waals surface area contributed by atoms with E-state index in [1.807, 2.05) is 17.5 Å². The molecular formula is C23H20N2O3S. The van der Waals surface area contributed by atoms with Crippen LogP contribution in [0.25, 0.3) is 21.3 Å². The Morgan fingerprint density at radius 2 is 1.93 bits per heavy atom. The molecule has 0 bridgehead atoms. The minimum atomic E-state index is -0.215. The number of aromatic nitrogens is 2. The molecule has 29 heavy (non-hydrogen) atoms. The van der Waals surface area contributed by atoms with Crippen LogP contribution in [0.2, 0.25) is 0 Å². The van der Waals surface area contributed by atoms with E-state index in [-0.39, 0.29) is 17.9 Å². The first-order chi connectivity index (χ1) is 14.0. The summed E-state index contributed by atoms with van der Waals surface area (Å²) in [6, 6.07) is 13.1. The van der Waals surface area contributed by atoms with Crippen molar-refractivity contribution in [1.29, 1.82) is 0 Å². The highest BCUT2D eigenvalue weighted by atomic mass is 32.1. The van der Waals surface area contributed by atoms with Gasteiger partial charge < -0.3 is 4.74 Å². The lowest BCUT2D eigenvalue weighted by atomic mass is 10.0. The van der Waals surface area contributed by atoms with Crippen molar-refractivity contribution in [3.8, 4) is 16.9 Å². The summed E-state index contributed by atoms with van der Waals surface area (Å²) in [4.78, 5) is 31.1. The number of Topliss-reactive ketones (excluding diaryl/α,β-unsaturated/α-hetero) is 1. The Morgan fingerprint density at radius 1 is 1.14 bits per heavy atom. The highest BCUT2D eigenvalue weighted by molar-refractivity contribution is 7.17. The summed E-state index contributed by atoms with van der Waals surface area (Å²) in [5, 5.41) is 2.50. The van der Waals surface area contributed by atoms with E-state index < -0.39 is 0 Å². The van der Waals surface area contributed by atoms with Crippen LogP contribution in [0.3, 0.4) is 0 Å². The van der Waals surface area contributed by atoms with Crippen molar-refractivity contribution in [2.45, 2.75) is 20.4 Å². The molecule has 4 aromatic rings. The van der Waals surface area contributed by atoms with Crippen molar-refractivity contribution in [2.75, 3.05) is 7.11 Å². The van der Waals surface area contributed by atoms with Gasteiger partial charge in [0.05, 0.1) is 30.9 Å². The molecule has 0 aliphatic carbocycles. The minimum absolute atomic E-state index is 0.0929. The summed E-state index contributed by atoms with van der Waals surface area (Å²) in [7, 11) is 1.52. The number of ketones is 1. The molecule has 146 valence electrons. The summed E-state index contributed by atoms with van der Waals surface area (Å²) < 4.78 is 6.64. The van der Waals surface area contributed by atoms with E-state index in [0.717, 1.165) is 16.7 Å². The van der Waals surface area contributed by atoms with Crippen LogP contribution < -0.4 is 10.3 Å². The number of rotatable bonds is 5. The molecule has 0 saturated carbocycles. The lowest BCUT2D eigenvalue weighted by Gasteiger charge is -2.09. The fourth-order valence-electron chi connectivity index (χ4n) is 3.32. The summed E-state index contributed by atoms with van der Waals surface area (Å²) in [6.45, 7) is 4.02. The van der Waals surface area contributed by atoms with Gasteiger partial charge in [-0.1, -0.05) is 30.3 Å². The van der Waals surface area contributed by atoms with Crippen molar-refractivity contribution in [3.63, 3.8) is 0 Å². The molecule has 6 heteroatoms. The van der Waals surface area contributed by atoms with Gasteiger partial charge in [-0.25, -0.2) is 4.98 Å². The molecule has 0 aliphatic rings. The molecular weight excluding hydrogens is 384 g/mol. The van der Waals surface area contributed by atoms with Crippen LogP contribution in [0.15, 0.2) is 59.0 Å². The number of hydrogen-bond acceptors (Lipinski definition) is 5. The molecule has 0 unspecified atom stereocenters. The van der Waals surface area contributed by atoms with Gasteiger partial charge in [-0.2, -0.15) is 0 Å². The summed E-state index contributed by atoms with van der Waals surface area (Å²) in [5.74, 6) is 0.291. The van der Waals surface area contributed by atoms with Crippen molar-refractivity contribution in [3.05, 3.63) is 81.2 Å². The molecule has 4 rings (SSSR count). The third-order valence-corrected chi connectivity index (χ3v) is 5.99. The number of carbonyl (C=O) groups is 1. The van der Waals surface area contributed by atoms with Crippen molar-refractivity contribution >= 4 is 27.3 Å². The molecule has 0 saturated heterocycles. The highest BCUT2D eigenvalue weighted by Gasteiger charge is 2.17. The number of hydrogen-bond donors (Lipinski definition) is 0. The number of benzene rings is 2. The number of para-hydroxylation sites is 1. The standard InChI is InChI=1S/C23H20N2O3S/c1-14-8-9-16(10-15(14)2)18-12-29-22-21(18)23(27)25(13-24-22)11-19(26)17-6-4-5-7-20(17)28-3/h4-10,12-13H,11H2,1-3H3. The van der Waals surface area contributed by atoms with Gasteiger partial charge in [0.2, 0.25) is 0 Å². The first-order valence-electron chi connectivity index (χ1n) is 9.20. The largest absolute Gasteiger partial charge is 0.496 e. The number of nitrogens with zero attached hydrogens (tertiary/aromatic N) is 2. The van der Waals surface area contributed by atoms with Crippen LogP contribution in [0.5, 0.6) is 5.75 Å². The SMILES string of the molecule is COc1ccccc1C(=O)Cn1cnc2scc(-c3ccc(C)c(C)c3)c2c1=O. The van der Waals surface area contributed by atoms with Gasteiger partial charge in [0.25, 0.3) is 5.56 Å². The first-order valence-corrected chi connectivity index (χ1v) is 10.1. The number of aryl methyl sites for hydroxylation is 2. The zero-order chi connectivity index (χ0) is 20.5. The Kier molecular flexibility index (Phi) is 5.03. The second-order valence-corrected chi connectivity index (χ2v) is 7.79. The monoisotopic (exact) mass is 404 g/mol. The molecule has 0 atom stereocenters. The van der Waals surface area contributed by atoms with Gasteiger partial charge in [-0.05, 0) is 42.7 Å². The molecule has 2 aromatic carbocycles. The molecule has 2 heterocycles. The number of carbonyl (C=O) groups excluding carboxylic acids is 1. The number of methoxy groups -OCH3 is 1. The van der Waals surface area contributed by atoms with Gasteiger partial charge in [0.1, 0.15) is 10.6 Å². The van der Waals surface area contributed by atoms with Crippen molar-refractivity contribution in [2.24, 2.45) is 0 Å². The van der Waals surface area contributed by atoms with E-state index >= 15 is 0 Å². The summed E-state index contributed by atoms with van der Waals surface area (Å²) in [6.07, 6.45) is 1.44. The summed E-state index contributed by atoms with van der Waals surface area (Å²) >= 11 is 1.43. The number of fused-ring (bicyclic) bond motifs is 1.